The molecule has 5 nitrogen and oxygen atoms in total. The number of nitrogens with one attached hydrogen (secondary N) is 1. The van der Waals surface area contributed by atoms with E-state index in [4.69, 9.17) is 9.15 Å². The number of hydrogen-bond acceptors (Lipinski definition) is 4. The maximum absolute atomic E-state index is 12.4. The van der Waals surface area contributed by atoms with Crippen molar-refractivity contribution in [3.63, 3.8) is 0 Å². The van der Waals surface area contributed by atoms with E-state index in [2.05, 4.69) is 5.32 Å². The van der Waals surface area contributed by atoms with Crippen molar-refractivity contribution < 1.29 is 9.15 Å². The topological polar surface area (TPSA) is 56.4 Å². The molecule has 0 spiro atoms. The molecule has 1 aliphatic carbocycles. The van der Waals surface area contributed by atoms with E-state index in [0.29, 0.717) is 12.0 Å². The van der Waals surface area contributed by atoms with Gasteiger partial charge in [-0.2, -0.15) is 0 Å². The Morgan fingerprint density at radius 1 is 1.16 bits per heavy atom. The smallest absolute Gasteiger partial charge is 0.250 e. The van der Waals surface area contributed by atoms with Crippen molar-refractivity contribution in [1.29, 1.82) is 0 Å². The summed E-state index contributed by atoms with van der Waals surface area (Å²) in [5, 5.41) is 3.62. The highest BCUT2D eigenvalue weighted by molar-refractivity contribution is 5.26. The van der Waals surface area contributed by atoms with Crippen LogP contribution in [0.25, 0.3) is 0 Å². The maximum atomic E-state index is 12.4. The number of hydrogen-bond donors (Lipinski definition) is 1. The van der Waals surface area contributed by atoms with E-state index in [1.807, 2.05) is 16.7 Å². The van der Waals surface area contributed by atoms with Crippen LogP contribution < -0.4 is 10.9 Å². The first-order valence-corrected chi connectivity index (χ1v) is 9.33. The van der Waals surface area contributed by atoms with Crippen molar-refractivity contribution >= 4 is 0 Å². The van der Waals surface area contributed by atoms with Gasteiger partial charge in [0.25, 0.3) is 5.56 Å². The predicted octanol–water partition coefficient (Wildman–Crippen LogP) is 2.52. The molecule has 2 aromatic rings. The number of fused-ring (bicyclic) bond motifs is 1. The Balaban J connectivity index is 1.45. The van der Waals surface area contributed by atoms with Crippen LogP contribution in [-0.4, -0.2) is 23.8 Å². The van der Waals surface area contributed by atoms with Crippen LogP contribution in [-0.2, 0) is 30.7 Å². The standard InChI is InChI=1S/C20H26N2O3/c23-20-4-1-17-11-18(21-12-16-7-10-25-14-16)2-3-19(17)22(20)13-15-5-8-24-9-6-15/h1,4,7,10,14-15,18,21H,2-3,5-6,8-9,11-13H2. The van der Waals surface area contributed by atoms with Gasteiger partial charge in [0.1, 0.15) is 0 Å². The second-order valence-corrected chi connectivity index (χ2v) is 7.26. The van der Waals surface area contributed by atoms with E-state index < -0.39 is 0 Å². The van der Waals surface area contributed by atoms with Crippen LogP contribution in [0.3, 0.4) is 0 Å². The van der Waals surface area contributed by atoms with Crippen molar-refractivity contribution in [1.82, 2.24) is 9.88 Å². The third-order valence-corrected chi connectivity index (χ3v) is 5.54. The Kier molecular flexibility index (Phi) is 5.04. The van der Waals surface area contributed by atoms with E-state index in [-0.39, 0.29) is 5.56 Å². The van der Waals surface area contributed by atoms with Crippen LogP contribution in [0.15, 0.2) is 39.9 Å². The molecule has 2 aliphatic rings. The normalized spacial score (nSPS) is 21.2. The van der Waals surface area contributed by atoms with Gasteiger partial charge in [-0.25, -0.2) is 0 Å². The van der Waals surface area contributed by atoms with Gasteiger partial charge in [0, 0.05) is 49.7 Å². The molecule has 1 unspecified atom stereocenters. The number of rotatable bonds is 5. The van der Waals surface area contributed by atoms with Crippen molar-refractivity contribution in [2.24, 2.45) is 5.92 Å². The summed E-state index contributed by atoms with van der Waals surface area (Å²) in [7, 11) is 0. The third-order valence-electron chi connectivity index (χ3n) is 5.54. The maximum Gasteiger partial charge on any atom is 0.250 e. The third kappa shape index (κ3) is 3.88. The van der Waals surface area contributed by atoms with Gasteiger partial charge < -0.3 is 19.0 Å². The van der Waals surface area contributed by atoms with Crippen LogP contribution >= 0.6 is 0 Å². The minimum Gasteiger partial charge on any atom is -0.472 e. The molecule has 2 aromatic heterocycles. The molecular formula is C20H26N2O3. The SMILES string of the molecule is O=c1ccc2c(n1CC1CCOCC1)CCC(NCc1ccoc1)C2. The predicted molar refractivity (Wildman–Crippen MR) is 95.6 cm³/mol. The molecule has 0 radical (unpaired) electrons. The minimum atomic E-state index is 0.148. The fourth-order valence-corrected chi connectivity index (χ4v) is 4.04. The molecule has 1 atom stereocenters. The van der Waals surface area contributed by atoms with Gasteiger partial charge >= 0.3 is 0 Å². The van der Waals surface area contributed by atoms with Gasteiger partial charge in [0.05, 0.1) is 12.5 Å². The van der Waals surface area contributed by atoms with E-state index in [9.17, 15) is 4.79 Å². The van der Waals surface area contributed by atoms with Crippen LogP contribution in [0.2, 0.25) is 0 Å². The first kappa shape index (κ1) is 16.6. The van der Waals surface area contributed by atoms with Crippen LogP contribution in [0.1, 0.15) is 36.1 Å². The zero-order valence-corrected chi connectivity index (χ0v) is 14.6. The molecule has 0 aromatic carbocycles. The zero-order valence-electron chi connectivity index (χ0n) is 14.6. The van der Waals surface area contributed by atoms with Gasteiger partial charge in [0.2, 0.25) is 0 Å². The average molecular weight is 342 g/mol. The van der Waals surface area contributed by atoms with Crippen molar-refractivity contribution in [3.05, 3.63) is 57.9 Å². The number of furan rings is 1. The van der Waals surface area contributed by atoms with Crippen LogP contribution in [0.4, 0.5) is 0 Å². The minimum absolute atomic E-state index is 0.148. The molecule has 0 bridgehead atoms. The highest BCUT2D eigenvalue weighted by Gasteiger charge is 2.23. The highest BCUT2D eigenvalue weighted by Crippen LogP contribution is 2.23. The van der Waals surface area contributed by atoms with Crippen molar-refractivity contribution in [2.75, 3.05) is 13.2 Å². The lowest BCUT2D eigenvalue weighted by Crippen LogP contribution is -2.38. The molecule has 5 heteroatoms. The summed E-state index contributed by atoms with van der Waals surface area (Å²) < 4.78 is 12.6. The molecule has 1 fully saturated rings. The summed E-state index contributed by atoms with van der Waals surface area (Å²) in [5.74, 6) is 0.565. The molecule has 4 rings (SSSR count). The molecule has 25 heavy (non-hydrogen) atoms. The fourth-order valence-electron chi connectivity index (χ4n) is 4.04. The van der Waals surface area contributed by atoms with E-state index in [0.717, 1.165) is 58.4 Å². The Morgan fingerprint density at radius 3 is 2.84 bits per heavy atom. The monoisotopic (exact) mass is 342 g/mol. The Bertz CT molecular complexity index is 745. The lowest BCUT2D eigenvalue weighted by molar-refractivity contribution is 0.0606. The summed E-state index contributed by atoms with van der Waals surface area (Å²) in [6, 6.07) is 6.23. The molecular weight excluding hydrogens is 316 g/mol. The van der Waals surface area contributed by atoms with E-state index >= 15 is 0 Å². The lowest BCUT2D eigenvalue weighted by Gasteiger charge is -2.30. The Labute approximate surface area is 148 Å². The lowest BCUT2D eigenvalue weighted by atomic mass is 9.90. The first-order chi connectivity index (χ1) is 12.3. The van der Waals surface area contributed by atoms with E-state index in [1.54, 1.807) is 18.6 Å². The summed E-state index contributed by atoms with van der Waals surface area (Å²) in [5.41, 5.74) is 3.90. The Hall–Kier alpha value is -1.85. The summed E-state index contributed by atoms with van der Waals surface area (Å²) in [6.45, 7) is 3.33. The first-order valence-electron chi connectivity index (χ1n) is 9.33. The summed E-state index contributed by atoms with van der Waals surface area (Å²) in [6.07, 6.45) is 8.65. The van der Waals surface area contributed by atoms with Gasteiger partial charge in [-0.1, -0.05) is 6.07 Å². The quantitative estimate of drug-likeness (QED) is 0.907. The molecule has 1 aliphatic heterocycles. The van der Waals surface area contributed by atoms with Gasteiger partial charge in [-0.05, 0) is 49.7 Å². The highest BCUT2D eigenvalue weighted by atomic mass is 16.5. The summed E-state index contributed by atoms with van der Waals surface area (Å²) >= 11 is 0. The Morgan fingerprint density at radius 2 is 2.04 bits per heavy atom. The molecule has 1 N–H and O–H groups in total. The van der Waals surface area contributed by atoms with Crippen LogP contribution in [0, 0.1) is 5.92 Å². The van der Waals surface area contributed by atoms with Crippen LogP contribution in [0.5, 0.6) is 0 Å². The number of aromatic nitrogens is 1. The zero-order chi connectivity index (χ0) is 17.1. The van der Waals surface area contributed by atoms with Crippen molar-refractivity contribution in [3.8, 4) is 0 Å². The number of ether oxygens (including phenoxy) is 1. The molecule has 0 amide bonds. The average Bonchev–Trinajstić information content (AvgIpc) is 3.17. The second-order valence-electron chi connectivity index (χ2n) is 7.26. The summed E-state index contributed by atoms with van der Waals surface area (Å²) in [4.78, 5) is 12.4. The molecule has 134 valence electrons. The number of pyridine rings is 1. The molecule has 3 heterocycles. The van der Waals surface area contributed by atoms with Gasteiger partial charge in [-0.3, -0.25) is 4.79 Å². The second kappa shape index (κ2) is 7.58. The van der Waals surface area contributed by atoms with Crippen molar-refractivity contribution in [2.45, 2.75) is 51.2 Å². The van der Waals surface area contributed by atoms with Gasteiger partial charge in [-0.15, -0.1) is 0 Å². The van der Waals surface area contributed by atoms with Gasteiger partial charge in [0.15, 0.2) is 0 Å². The molecule has 1 saturated heterocycles. The fraction of sp³-hybridized carbons (Fsp3) is 0.550. The molecule has 0 saturated carbocycles. The largest absolute Gasteiger partial charge is 0.472 e. The van der Waals surface area contributed by atoms with E-state index in [1.165, 1.54) is 16.8 Å². The number of nitrogens with zero attached hydrogens (tertiary/aromatic N) is 1.